The van der Waals surface area contributed by atoms with Crippen LogP contribution >= 0.6 is 23.4 Å². The van der Waals surface area contributed by atoms with Crippen molar-refractivity contribution in [3.8, 4) is 5.75 Å². The van der Waals surface area contributed by atoms with Crippen LogP contribution in [0.5, 0.6) is 5.75 Å². The number of halogens is 1. The van der Waals surface area contributed by atoms with Gasteiger partial charge in [0.25, 0.3) is 5.91 Å². The lowest BCUT2D eigenvalue weighted by atomic mass is 9.98. The summed E-state index contributed by atoms with van der Waals surface area (Å²) >= 11 is 7.52. The quantitative estimate of drug-likeness (QED) is 0.520. The molecule has 0 atom stereocenters. The van der Waals surface area contributed by atoms with E-state index in [0.29, 0.717) is 42.1 Å². The van der Waals surface area contributed by atoms with Gasteiger partial charge in [0, 0.05) is 36.2 Å². The molecule has 174 valence electrons. The van der Waals surface area contributed by atoms with Crippen LogP contribution < -0.4 is 9.46 Å². The zero-order valence-electron chi connectivity index (χ0n) is 18.3. The second-order valence-electron chi connectivity index (χ2n) is 7.91. The van der Waals surface area contributed by atoms with Crippen LogP contribution in [0.1, 0.15) is 35.7 Å². The van der Waals surface area contributed by atoms with Gasteiger partial charge in [0.1, 0.15) is 5.75 Å². The number of thioether (sulfide) groups is 1. The minimum atomic E-state index is -3.74. The van der Waals surface area contributed by atoms with Gasteiger partial charge in [0.05, 0.1) is 17.6 Å². The third-order valence-corrected chi connectivity index (χ3v) is 8.24. The fraction of sp³-hybridized carbons (Fsp3) is 0.435. The summed E-state index contributed by atoms with van der Waals surface area (Å²) in [7, 11) is -2.26. The number of piperidine rings is 1. The van der Waals surface area contributed by atoms with E-state index < -0.39 is 10.0 Å². The molecule has 2 aromatic carbocycles. The van der Waals surface area contributed by atoms with Crippen molar-refractivity contribution in [3.05, 3.63) is 58.6 Å². The van der Waals surface area contributed by atoms with Crippen LogP contribution in [0, 0.1) is 5.92 Å². The number of amides is 1. The molecular weight excluding hydrogens is 468 g/mol. The van der Waals surface area contributed by atoms with Gasteiger partial charge in [0.15, 0.2) is 0 Å². The van der Waals surface area contributed by atoms with Crippen LogP contribution in [0.2, 0.25) is 5.02 Å². The molecule has 32 heavy (non-hydrogen) atoms. The van der Waals surface area contributed by atoms with Crippen LogP contribution in [0.25, 0.3) is 0 Å². The van der Waals surface area contributed by atoms with Gasteiger partial charge in [-0.05, 0) is 54.7 Å². The second kappa shape index (κ2) is 11.4. The minimum absolute atomic E-state index is 0.0646. The number of benzene rings is 2. The van der Waals surface area contributed by atoms with Crippen molar-refractivity contribution in [2.24, 2.45) is 5.92 Å². The number of methoxy groups -OCH3 is 1. The Balaban J connectivity index is 1.60. The van der Waals surface area contributed by atoms with E-state index in [4.69, 9.17) is 16.3 Å². The largest absolute Gasteiger partial charge is 0.496 e. The number of carbonyl (C=O) groups is 1. The maximum Gasteiger partial charge on any atom is 0.257 e. The maximum atomic E-state index is 13.0. The average molecular weight is 497 g/mol. The molecule has 0 unspecified atom stereocenters. The number of hydrogen-bond acceptors (Lipinski definition) is 5. The van der Waals surface area contributed by atoms with Crippen LogP contribution in [0.15, 0.2) is 47.4 Å². The summed E-state index contributed by atoms with van der Waals surface area (Å²) in [5, 5.41) is 0.693. The Kier molecular flexibility index (Phi) is 8.87. The first kappa shape index (κ1) is 24.9. The lowest BCUT2D eigenvalue weighted by Crippen LogP contribution is -2.38. The van der Waals surface area contributed by atoms with Gasteiger partial charge in [0.2, 0.25) is 10.0 Å². The maximum absolute atomic E-state index is 13.0. The van der Waals surface area contributed by atoms with Gasteiger partial charge < -0.3 is 9.64 Å². The number of ether oxygens (including phenoxy) is 1. The topological polar surface area (TPSA) is 75.7 Å². The van der Waals surface area contributed by atoms with Crippen LogP contribution in [0.4, 0.5) is 0 Å². The molecule has 0 spiro atoms. The predicted octanol–water partition coefficient (Wildman–Crippen LogP) is 4.43. The van der Waals surface area contributed by atoms with Gasteiger partial charge in [-0.15, -0.1) is 0 Å². The van der Waals surface area contributed by atoms with Gasteiger partial charge in [-0.1, -0.05) is 30.7 Å². The Hall–Kier alpha value is -1.74. The Morgan fingerprint density at radius 2 is 1.88 bits per heavy atom. The summed E-state index contributed by atoms with van der Waals surface area (Å²) in [6.07, 6.45) is 1.89. The normalized spacial score (nSPS) is 15.0. The van der Waals surface area contributed by atoms with E-state index in [1.165, 1.54) is 19.2 Å². The van der Waals surface area contributed by atoms with Gasteiger partial charge in [-0.3, -0.25) is 4.79 Å². The van der Waals surface area contributed by atoms with E-state index in [0.717, 1.165) is 24.2 Å². The number of nitrogens with zero attached hydrogens (tertiary/aromatic N) is 1. The zero-order chi connectivity index (χ0) is 23.1. The van der Waals surface area contributed by atoms with Crippen molar-refractivity contribution in [2.45, 2.75) is 30.4 Å². The SMILES string of the molecule is COc1ccc(S(=O)(=O)NCCSCc2ccc(Cl)cc2)cc1C(=O)N1CCC(C)CC1. The molecule has 1 heterocycles. The highest BCUT2D eigenvalue weighted by molar-refractivity contribution is 7.98. The molecule has 1 N–H and O–H groups in total. The van der Waals surface area contributed by atoms with Gasteiger partial charge in [-0.2, -0.15) is 11.8 Å². The molecular formula is C23H29ClN2O4S2. The van der Waals surface area contributed by atoms with Crippen molar-refractivity contribution < 1.29 is 17.9 Å². The van der Waals surface area contributed by atoms with E-state index in [-0.39, 0.29) is 16.4 Å². The van der Waals surface area contributed by atoms with Crippen LogP contribution in [-0.4, -0.2) is 51.7 Å². The van der Waals surface area contributed by atoms with Crippen molar-refractivity contribution in [1.82, 2.24) is 9.62 Å². The predicted molar refractivity (Wildman–Crippen MR) is 130 cm³/mol. The summed E-state index contributed by atoms with van der Waals surface area (Å²) < 4.78 is 33.5. The number of nitrogens with one attached hydrogen (secondary N) is 1. The van der Waals surface area contributed by atoms with Gasteiger partial charge in [-0.25, -0.2) is 13.1 Å². The molecule has 1 aliphatic heterocycles. The van der Waals surface area contributed by atoms with E-state index >= 15 is 0 Å². The first-order valence-electron chi connectivity index (χ1n) is 10.6. The summed E-state index contributed by atoms with van der Waals surface area (Å²) in [5.41, 5.74) is 1.41. The summed E-state index contributed by atoms with van der Waals surface area (Å²) in [5.74, 6) is 2.18. The third-order valence-electron chi connectivity index (χ3n) is 5.50. The first-order valence-corrected chi connectivity index (χ1v) is 13.6. The number of rotatable bonds is 9. The second-order valence-corrected chi connectivity index (χ2v) is 11.2. The van der Waals surface area contributed by atoms with Crippen LogP contribution in [0.3, 0.4) is 0 Å². The number of carbonyl (C=O) groups excluding carboxylic acids is 1. The highest BCUT2D eigenvalue weighted by Gasteiger charge is 2.26. The van der Waals surface area contributed by atoms with Crippen molar-refractivity contribution in [3.63, 3.8) is 0 Å². The fourth-order valence-electron chi connectivity index (χ4n) is 3.51. The molecule has 6 nitrogen and oxygen atoms in total. The number of hydrogen-bond donors (Lipinski definition) is 1. The smallest absolute Gasteiger partial charge is 0.257 e. The Labute approximate surface area is 199 Å². The summed E-state index contributed by atoms with van der Waals surface area (Å²) in [6, 6.07) is 12.0. The van der Waals surface area contributed by atoms with E-state index in [1.54, 1.807) is 22.7 Å². The van der Waals surface area contributed by atoms with Crippen LogP contribution in [-0.2, 0) is 15.8 Å². The van der Waals surface area contributed by atoms with E-state index in [9.17, 15) is 13.2 Å². The summed E-state index contributed by atoms with van der Waals surface area (Å²) in [4.78, 5) is 14.9. The zero-order valence-corrected chi connectivity index (χ0v) is 20.7. The molecule has 3 rings (SSSR count). The highest BCUT2D eigenvalue weighted by atomic mass is 35.5. The third kappa shape index (κ3) is 6.63. The molecule has 2 aromatic rings. The molecule has 1 amide bonds. The molecule has 0 aromatic heterocycles. The summed E-state index contributed by atoms with van der Waals surface area (Å²) in [6.45, 7) is 3.81. The minimum Gasteiger partial charge on any atom is -0.496 e. The van der Waals surface area contributed by atoms with E-state index in [1.807, 2.05) is 24.3 Å². The van der Waals surface area contributed by atoms with E-state index in [2.05, 4.69) is 11.6 Å². The Morgan fingerprint density at radius 3 is 2.53 bits per heavy atom. The molecule has 9 heteroatoms. The highest BCUT2D eigenvalue weighted by Crippen LogP contribution is 2.26. The number of likely N-dealkylation sites (tertiary alicyclic amines) is 1. The molecule has 0 saturated carbocycles. The molecule has 0 aliphatic carbocycles. The standard InChI is InChI=1S/C23H29ClN2O4S2/c1-17-9-12-26(13-10-17)23(27)21-15-20(7-8-22(21)30-2)32(28,29)25-11-14-31-16-18-3-5-19(24)6-4-18/h3-8,15,17,25H,9-14,16H2,1-2H3. The van der Waals surface area contributed by atoms with Crippen molar-refractivity contribution in [1.29, 1.82) is 0 Å². The lowest BCUT2D eigenvalue weighted by Gasteiger charge is -2.30. The fourth-order valence-corrected chi connectivity index (χ4v) is 5.64. The van der Waals surface area contributed by atoms with Crippen molar-refractivity contribution >= 4 is 39.3 Å². The Bertz CT molecular complexity index is 1020. The molecule has 0 bridgehead atoms. The molecule has 1 saturated heterocycles. The molecule has 1 fully saturated rings. The Morgan fingerprint density at radius 1 is 1.19 bits per heavy atom. The first-order chi connectivity index (χ1) is 15.3. The number of sulfonamides is 1. The lowest BCUT2D eigenvalue weighted by molar-refractivity contribution is 0.0693. The molecule has 0 radical (unpaired) electrons. The van der Waals surface area contributed by atoms with Gasteiger partial charge >= 0.3 is 0 Å². The van der Waals surface area contributed by atoms with Crippen molar-refractivity contribution in [2.75, 3.05) is 32.5 Å². The molecule has 1 aliphatic rings. The average Bonchev–Trinajstić information content (AvgIpc) is 2.79. The monoisotopic (exact) mass is 496 g/mol.